The fourth-order valence-corrected chi connectivity index (χ4v) is 2.05. The van der Waals surface area contributed by atoms with Crippen molar-refractivity contribution < 1.29 is 9.32 Å². The van der Waals surface area contributed by atoms with E-state index in [1.54, 1.807) is 24.2 Å². The van der Waals surface area contributed by atoms with Crippen molar-refractivity contribution in [3.8, 4) is 0 Å². The van der Waals surface area contributed by atoms with Crippen molar-refractivity contribution in [1.29, 1.82) is 0 Å². The first-order valence-electron chi connectivity index (χ1n) is 6.81. The predicted molar refractivity (Wildman–Crippen MR) is 78.3 cm³/mol. The van der Waals surface area contributed by atoms with Crippen LogP contribution in [0, 0.1) is 0 Å². The molecule has 0 saturated heterocycles. The number of carbonyl (C=O) groups is 1. The summed E-state index contributed by atoms with van der Waals surface area (Å²) in [6.07, 6.45) is 5.06. The smallest absolute Gasteiger partial charge is 0.237 e. The van der Waals surface area contributed by atoms with E-state index in [1.807, 2.05) is 37.2 Å². The molecule has 0 aliphatic rings. The fourth-order valence-electron chi connectivity index (χ4n) is 2.05. The Morgan fingerprint density at radius 1 is 1.38 bits per heavy atom. The lowest BCUT2D eigenvalue weighted by atomic mass is 10.2. The lowest BCUT2D eigenvalue weighted by Gasteiger charge is -2.26. The van der Waals surface area contributed by atoms with E-state index in [2.05, 4.69) is 10.1 Å². The molecule has 0 saturated carbocycles. The van der Waals surface area contributed by atoms with Crippen molar-refractivity contribution >= 4 is 5.91 Å². The molecule has 2 aromatic heterocycles. The Morgan fingerprint density at radius 2 is 2.19 bits per heavy atom. The van der Waals surface area contributed by atoms with Gasteiger partial charge >= 0.3 is 0 Å². The monoisotopic (exact) mass is 288 g/mol. The molecular formula is C15H20N4O2. The molecule has 6 nitrogen and oxygen atoms in total. The summed E-state index contributed by atoms with van der Waals surface area (Å²) in [5, 5.41) is 3.88. The normalized spacial score (nSPS) is 12.4. The van der Waals surface area contributed by atoms with Gasteiger partial charge in [-0.25, -0.2) is 0 Å². The molecule has 2 heterocycles. The maximum absolute atomic E-state index is 12.3. The van der Waals surface area contributed by atoms with E-state index >= 15 is 0 Å². The third kappa shape index (κ3) is 4.13. The van der Waals surface area contributed by atoms with Crippen LogP contribution in [0.3, 0.4) is 0 Å². The van der Waals surface area contributed by atoms with Crippen molar-refractivity contribution in [2.75, 3.05) is 20.6 Å². The standard InChI is InChI=1S/C15H20N4O2/c1-12(14-6-8-21-17-14)19(3)15(20)11-18(2)10-13-5-4-7-16-9-13/h4-9,12H,10-11H2,1-3H3. The number of likely N-dealkylation sites (N-methyl/N-ethyl adjacent to an activating group) is 2. The first-order chi connectivity index (χ1) is 10.1. The highest BCUT2D eigenvalue weighted by Gasteiger charge is 2.20. The second-order valence-corrected chi connectivity index (χ2v) is 5.14. The summed E-state index contributed by atoms with van der Waals surface area (Å²) in [4.78, 5) is 20.0. The van der Waals surface area contributed by atoms with E-state index in [9.17, 15) is 4.79 Å². The minimum atomic E-state index is -0.108. The SMILES string of the molecule is CC(c1ccon1)N(C)C(=O)CN(C)Cc1cccnc1. The Morgan fingerprint density at radius 3 is 2.81 bits per heavy atom. The minimum Gasteiger partial charge on any atom is -0.364 e. The summed E-state index contributed by atoms with van der Waals surface area (Å²) in [5.41, 5.74) is 1.83. The van der Waals surface area contributed by atoms with E-state index < -0.39 is 0 Å². The molecule has 1 amide bonds. The Kier molecular flexibility index (Phi) is 5.05. The molecule has 0 spiro atoms. The van der Waals surface area contributed by atoms with E-state index in [0.29, 0.717) is 13.1 Å². The van der Waals surface area contributed by atoms with Gasteiger partial charge in [-0.15, -0.1) is 0 Å². The van der Waals surface area contributed by atoms with Crippen molar-refractivity contribution in [3.05, 3.63) is 48.1 Å². The number of hydrogen-bond acceptors (Lipinski definition) is 5. The number of hydrogen-bond donors (Lipinski definition) is 0. The van der Waals surface area contributed by atoms with Crippen molar-refractivity contribution in [1.82, 2.24) is 19.9 Å². The average molecular weight is 288 g/mol. The highest BCUT2D eigenvalue weighted by molar-refractivity contribution is 5.78. The summed E-state index contributed by atoms with van der Waals surface area (Å²) in [6, 6.07) is 5.55. The molecule has 112 valence electrons. The van der Waals surface area contributed by atoms with E-state index in [4.69, 9.17) is 4.52 Å². The lowest BCUT2D eigenvalue weighted by molar-refractivity contribution is -0.132. The molecule has 21 heavy (non-hydrogen) atoms. The minimum absolute atomic E-state index is 0.0388. The van der Waals surface area contributed by atoms with Crippen LogP contribution in [0.25, 0.3) is 0 Å². The molecule has 0 fully saturated rings. The second kappa shape index (κ2) is 6.99. The van der Waals surface area contributed by atoms with Gasteiger partial charge in [0.2, 0.25) is 5.91 Å². The maximum Gasteiger partial charge on any atom is 0.237 e. The number of amides is 1. The van der Waals surface area contributed by atoms with Crippen LogP contribution in [0.2, 0.25) is 0 Å². The van der Waals surface area contributed by atoms with Crippen molar-refractivity contribution in [2.24, 2.45) is 0 Å². The van der Waals surface area contributed by atoms with Gasteiger partial charge in [-0.3, -0.25) is 14.7 Å². The van der Waals surface area contributed by atoms with Crippen LogP contribution in [-0.4, -0.2) is 46.5 Å². The van der Waals surface area contributed by atoms with Gasteiger partial charge in [0.25, 0.3) is 0 Å². The summed E-state index contributed by atoms with van der Waals surface area (Å²) in [6.45, 7) is 2.95. The first kappa shape index (κ1) is 15.2. The fraction of sp³-hybridized carbons (Fsp3) is 0.400. The summed E-state index contributed by atoms with van der Waals surface area (Å²) in [7, 11) is 3.69. The highest BCUT2D eigenvalue weighted by Crippen LogP contribution is 2.16. The average Bonchev–Trinajstić information content (AvgIpc) is 3.00. The van der Waals surface area contributed by atoms with Gasteiger partial charge in [0.05, 0.1) is 12.6 Å². The molecule has 2 rings (SSSR count). The molecule has 0 bridgehead atoms. The Bertz CT molecular complexity index is 556. The van der Waals surface area contributed by atoms with Crippen LogP contribution in [0.4, 0.5) is 0 Å². The second-order valence-electron chi connectivity index (χ2n) is 5.14. The molecule has 0 radical (unpaired) electrons. The van der Waals surface area contributed by atoms with Gasteiger partial charge in [0, 0.05) is 32.1 Å². The Balaban J connectivity index is 1.88. The molecule has 0 aliphatic carbocycles. The molecule has 1 unspecified atom stereocenters. The van der Waals surface area contributed by atoms with Gasteiger partial charge in [-0.05, 0) is 25.6 Å². The van der Waals surface area contributed by atoms with Crippen molar-refractivity contribution in [2.45, 2.75) is 19.5 Å². The third-order valence-electron chi connectivity index (χ3n) is 3.44. The predicted octanol–water partition coefficient (Wildman–Crippen LogP) is 1.72. The third-order valence-corrected chi connectivity index (χ3v) is 3.44. The van der Waals surface area contributed by atoms with Gasteiger partial charge in [0.15, 0.2) is 0 Å². The molecule has 2 aromatic rings. The Hall–Kier alpha value is -2.21. The zero-order chi connectivity index (χ0) is 15.2. The molecule has 0 aromatic carbocycles. The van der Waals surface area contributed by atoms with E-state index in [-0.39, 0.29) is 11.9 Å². The number of rotatable bonds is 6. The Labute approximate surface area is 124 Å². The van der Waals surface area contributed by atoms with E-state index in [0.717, 1.165) is 11.3 Å². The van der Waals surface area contributed by atoms with Gasteiger partial charge in [-0.2, -0.15) is 0 Å². The van der Waals surface area contributed by atoms with Crippen LogP contribution in [0.1, 0.15) is 24.2 Å². The molecule has 0 aliphatic heterocycles. The van der Waals surface area contributed by atoms with Crippen LogP contribution in [0.15, 0.2) is 41.4 Å². The zero-order valence-corrected chi connectivity index (χ0v) is 12.6. The number of carbonyl (C=O) groups excluding carboxylic acids is 1. The summed E-state index contributed by atoms with van der Waals surface area (Å²) < 4.78 is 4.82. The molecule has 0 N–H and O–H groups in total. The van der Waals surface area contributed by atoms with Crippen LogP contribution in [-0.2, 0) is 11.3 Å². The zero-order valence-electron chi connectivity index (χ0n) is 12.6. The number of pyridine rings is 1. The maximum atomic E-state index is 12.3. The molecular weight excluding hydrogens is 268 g/mol. The molecule has 1 atom stereocenters. The largest absolute Gasteiger partial charge is 0.364 e. The van der Waals surface area contributed by atoms with Gasteiger partial charge in [0.1, 0.15) is 12.0 Å². The van der Waals surface area contributed by atoms with Crippen LogP contribution in [0.5, 0.6) is 0 Å². The first-order valence-corrected chi connectivity index (χ1v) is 6.81. The number of aromatic nitrogens is 2. The van der Waals surface area contributed by atoms with Crippen molar-refractivity contribution in [3.63, 3.8) is 0 Å². The van der Waals surface area contributed by atoms with Crippen LogP contribution < -0.4 is 0 Å². The van der Waals surface area contributed by atoms with E-state index in [1.165, 1.54) is 6.26 Å². The summed E-state index contributed by atoms with van der Waals surface area (Å²) in [5.74, 6) is 0.0388. The quantitative estimate of drug-likeness (QED) is 0.810. The highest BCUT2D eigenvalue weighted by atomic mass is 16.5. The lowest BCUT2D eigenvalue weighted by Crippen LogP contribution is -2.37. The molecule has 6 heteroatoms. The van der Waals surface area contributed by atoms with Gasteiger partial charge < -0.3 is 9.42 Å². The van der Waals surface area contributed by atoms with Crippen LogP contribution >= 0.6 is 0 Å². The summed E-state index contributed by atoms with van der Waals surface area (Å²) >= 11 is 0. The topological polar surface area (TPSA) is 62.5 Å². The van der Waals surface area contributed by atoms with Gasteiger partial charge in [-0.1, -0.05) is 11.2 Å². The number of nitrogens with zero attached hydrogens (tertiary/aromatic N) is 4.